The Morgan fingerprint density at radius 3 is 2.31 bits per heavy atom. The minimum Gasteiger partial charge on any atom is -0.480 e. The van der Waals surface area contributed by atoms with E-state index in [0.29, 0.717) is 12.8 Å². The molecule has 0 aromatic rings. The Kier molecular flexibility index (Phi) is 7.86. The van der Waals surface area contributed by atoms with Gasteiger partial charge in [0.15, 0.2) is 0 Å². The van der Waals surface area contributed by atoms with Gasteiger partial charge in [-0.3, -0.25) is 13.1 Å². The van der Waals surface area contributed by atoms with Crippen LogP contribution in [0.3, 0.4) is 0 Å². The molecule has 0 spiro atoms. The van der Waals surface area contributed by atoms with Crippen LogP contribution in [0.1, 0.15) is 32.6 Å². The number of carbonyl (C=O) groups excluding carboxylic acids is 2. The van der Waals surface area contributed by atoms with Gasteiger partial charge in [-0.2, -0.15) is 0 Å². The number of rotatable bonds is 7. The molecule has 0 aromatic carbocycles. The molecule has 0 aromatic heterocycles. The van der Waals surface area contributed by atoms with Crippen LogP contribution in [0.5, 0.6) is 0 Å². The van der Waals surface area contributed by atoms with Crippen LogP contribution in [0.15, 0.2) is 0 Å². The molecule has 1 unspecified atom stereocenters. The molecule has 0 aliphatic heterocycles. The summed E-state index contributed by atoms with van der Waals surface area (Å²) in [4.78, 5) is 32.9. The Morgan fingerprint density at radius 1 is 1.25 bits per heavy atom. The Hall–Kier alpha value is -0.860. The maximum absolute atomic E-state index is 11.2. The van der Waals surface area contributed by atoms with Crippen molar-refractivity contribution in [2.75, 3.05) is 0 Å². The number of aliphatic carboxylic acids is 1. The quantitative estimate of drug-likeness (QED) is 0.466. The Balaban J connectivity index is 4.12. The van der Waals surface area contributed by atoms with Crippen molar-refractivity contribution in [2.24, 2.45) is 0 Å². The molecule has 16 heavy (non-hydrogen) atoms. The summed E-state index contributed by atoms with van der Waals surface area (Å²) in [6.07, 6.45) is 1.13. The van der Waals surface area contributed by atoms with E-state index >= 15 is 0 Å². The van der Waals surface area contributed by atoms with Crippen molar-refractivity contribution >= 4 is 40.6 Å². The van der Waals surface area contributed by atoms with Gasteiger partial charge in [0.25, 0.3) is 0 Å². The molecule has 0 rings (SSSR count). The van der Waals surface area contributed by atoms with E-state index in [9.17, 15) is 14.4 Å². The number of halogens is 1. The lowest BCUT2D eigenvalue weighted by atomic mass is 10.1. The molecule has 1 atom stereocenters. The van der Waals surface area contributed by atoms with Crippen molar-refractivity contribution in [3.05, 3.63) is 0 Å². The van der Waals surface area contributed by atoms with Gasteiger partial charge in [-0.15, -0.1) is 0 Å². The summed E-state index contributed by atoms with van der Waals surface area (Å²) < 4.78 is 2.36. The van der Waals surface area contributed by atoms with E-state index in [-0.39, 0.29) is 24.7 Å². The van der Waals surface area contributed by atoms with Crippen molar-refractivity contribution < 1.29 is 19.5 Å². The first kappa shape index (κ1) is 15.1. The highest BCUT2D eigenvalue weighted by Gasteiger charge is 2.20. The third-order valence-electron chi connectivity index (χ3n) is 1.88. The molecular formula is C9H15IN2O4. The predicted molar refractivity (Wildman–Crippen MR) is 65.9 cm³/mol. The van der Waals surface area contributed by atoms with E-state index in [4.69, 9.17) is 5.11 Å². The standard InChI is InChI=1S/C9H15IN2O4/c1-2-3-7(13)11-6(9(15)16)4-5-8(14)12-10/h6H,2-5H2,1H3,(H,11,13)(H,12,14)(H,15,16). The predicted octanol–water partition coefficient (Wildman–Crippen LogP) is 0.602. The molecular weight excluding hydrogens is 327 g/mol. The van der Waals surface area contributed by atoms with E-state index in [1.807, 2.05) is 6.92 Å². The largest absolute Gasteiger partial charge is 0.480 e. The number of carbonyl (C=O) groups is 3. The smallest absolute Gasteiger partial charge is 0.326 e. The van der Waals surface area contributed by atoms with Crippen molar-refractivity contribution in [3.63, 3.8) is 0 Å². The second-order valence-electron chi connectivity index (χ2n) is 3.26. The molecule has 0 fully saturated rings. The molecule has 0 saturated heterocycles. The van der Waals surface area contributed by atoms with E-state index in [1.54, 1.807) is 22.9 Å². The SMILES string of the molecule is CCCC(=O)NC(CCC(=O)NI)C(=O)O. The summed E-state index contributed by atoms with van der Waals surface area (Å²) in [5, 5.41) is 11.2. The molecule has 0 bridgehead atoms. The maximum atomic E-state index is 11.2. The van der Waals surface area contributed by atoms with Crippen LogP contribution < -0.4 is 8.85 Å². The van der Waals surface area contributed by atoms with Gasteiger partial charge in [0.1, 0.15) is 6.04 Å². The molecule has 0 aliphatic rings. The fourth-order valence-electron chi connectivity index (χ4n) is 1.07. The summed E-state index contributed by atoms with van der Waals surface area (Å²) in [5.41, 5.74) is 0. The van der Waals surface area contributed by atoms with Crippen molar-refractivity contribution in [2.45, 2.75) is 38.6 Å². The van der Waals surface area contributed by atoms with Crippen molar-refractivity contribution in [1.82, 2.24) is 8.85 Å². The molecule has 0 radical (unpaired) electrons. The second kappa shape index (κ2) is 8.31. The molecule has 92 valence electrons. The number of carboxylic acids is 1. The summed E-state index contributed by atoms with van der Waals surface area (Å²) >= 11 is 1.68. The van der Waals surface area contributed by atoms with E-state index < -0.39 is 12.0 Å². The minimum atomic E-state index is -1.12. The number of nitrogens with one attached hydrogen (secondary N) is 2. The average molecular weight is 342 g/mol. The zero-order valence-electron chi connectivity index (χ0n) is 8.96. The van der Waals surface area contributed by atoms with Crippen LogP contribution in [-0.2, 0) is 14.4 Å². The highest BCUT2D eigenvalue weighted by molar-refractivity contribution is 14.1. The third kappa shape index (κ3) is 6.59. The lowest BCUT2D eigenvalue weighted by Gasteiger charge is -2.13. The number of hydrogen-bond donors (Lipinski definition) is 3. The lowest BCUT2D eigenvalue weighted by molar-refractivity contribution is -0.142. The van der Waals surface area contributed by atoms with E-state index in [1.165, 1.54) is 0 Å². The van der Waals surface area contributed by atoms with E-state index in [0.717, 1.165) is 0 Å². The third-order valence-corrected chi connectivity index (χ3v) is 2.48. The first-order valence-electron chi connectivity index (χ1n) is 4.92. The van der Waals surface area contributed by atoms with Crippen LogP contribution in [0.25, 0.3) is 0 Å². The molecule has 0 saturated carbocycles. The van der Waals surface area contributed by atoms with Gasteiger partial charge < -0.3 is 10.4 Å². The van der Waals surface area contributed by atoms with Crippen molar-refractivity contribution in [1.29, 1.82) is 0 Å². The topological polar surface area (TPSA) is 95.5 Å². The highest BCUT2D eigenvalue weighted by Crippen LogP contribution is 2.00. The molecule has 0 aliphatic carbocycles. The number of carboxylic acid groups (broad SMARTS) is 1. The van der Waals surface area contributed by atoms with Gasteiger partial charge >= 0.3 is 5.97 Å². The number of hydrogen-bond acceptors (Lipinski definition) is 3. The van der Waals surface area contributed by atoms with Crippen LogP contribution in [0.4, 0.5) is 0 Å². The fourth-order valence-corrected chi connectivity index (χ4v) is 1.34. The van der Waals surface area contributed by atoms with Gasteiger partial charge in [-0.25, -0.2) is 4.79 Å². The summed E-state index contributed by atoms with van der Waals surface area (Å²) in [6.45, 7) is 1.83. The highest BCUT2D eigenvalue weighted by atomic mass is 127. The normalized spacial score (nSPS) is 11.6. The maximum Gasteiger partial charge on any atom is 0.326 e. The van der Waals surface area contributed by atoms with Crippen LogP contribution >= 0.6 is 22.9 Å². The Bertz CT molecular complexity index is 270. The number of amides is 2. The first-order chi connectivity index (χ1) is 7.51. The van der Waals surface area contributed by atoms with Gasteiger partial charge in [-0.05, 0) is 12.8 Å². The molecule has 0 heterocycles. The Morgan fingerprint density at radius 2 is 1.88 bits per heavy atom. The first-order valence-corrected chi connectivity index (χ1v) is 6.00. The zero-order valence-corrected chi connectivity index (χ0v) is 11.1. The summed E-state index contributed by atoms with van der Waals surface area (Å²) in [6, 6.07) is -0.993. The lowest BCUT2D eigenvalue weighted by Crippen LogP contribution is -2.41. The van der Waals surface area contributed by atoms with Gasteiger partial charge in [0, 0.05) is 12.8 Å². The zero-order chi connectivity index (χ0) is 12.6. The molecule has 3 N–H and O–H groups in total. The van der Waals surface area contributed by atoms with Crippen LogP contribution in [0, 0.1) is 0 Å². The summed E-state index contributed by atoms with van der Waals surface area (Å²) in [5.74, 6) is -1.67. The second-order valence-corrected chi connectivity index (χ2v) is 3.80. The van der Waals surface area contributed by atoms with Gasteiger partial charge in [0.05, 0.1) is 22.9 Å². The van der Waals surface area contributed by atoms with Crippen molar-refractivity contribution in [3.8, 4) is 0 Å². The van der Waals surface area contributed by atoms with Gasteiger partial charge in [-0.1, -0.05) is 6.92 Å². The monoisotopic (exact) mass is 342 g/mol. The fraction of sp³-hybridized carbons (Fsp3) is 0.667. The minimum absolute atomic E-state index is 0.0757. The van der Waals surface area contributed by atoms with E-state index in [2.05, 4.69) is 8.85 Å². The average Bonchev–Trinajstić information content (AvgIpc) is 2.23. The van der Waals surface area contributed by atoms with Crippen LogP contribution in [0.2, 0.25) is 0 Å². The molecule has 2 amide bonds. The summed E-state index contributed by atoms with van der Waals surface area (Å²) in [7, 11) is 0. The van der Waals surface area contributed by atoms with Gasteiger partial charge in [0.2, 0.25) is 11.8 Å². The molecule has 6 nitrogen and oxygen atoms in total. The Labute approximate surface area is 108 Å². The van der Waals surface area contributed by atoms with Crippen LogP contribution in [-0.4, -0.2) is 28.9 Å². The molecule has 7 heteroatoms.